The first-order chi connectivity index (χ1) is 6.50. The van der Waals surface area contributed by atoms with Crippen LogP contribution in [0.3, 0.4) is 0 Å². The van der Waals surface area contributed by atoms with Crippen LogP contribution in [0.2, 0.25) is 5.02 Å². The second-order valence-electron chi connectivity index (χ2n) is 2.62. The van der Waals surface area contributed by atoms with Crippen LogP contribution in [0, 0.1) is 11.6 Å². The number of halogens is 4. The number of rotatable bonds is 3. The molecule has 0 fully saturated rings. The second kappa shape index (κ2) is 4.62. The average molecular weight is 238 g/mol. The van der Waals surface area contributed by atoms with Crippen LogP contribution in [-0.4, -0.2) is 6.54 Å². The lowest BCUT2D eigenvalue weighted by atomic mass is 10.3. The molecule has 5 heteroatoms. The predicted octanol–water partition coefficient (Wildman–Crippen LogP) is 3.78. The van der Waals surface area contributed by atoms with Crippen LogP contribution >= 0.6 is 23.2 Å². The molecule has 76 valence electrons. The Kier molecular flexibility index (Phi) is 3.72. The third-order valence-corrected chi connectivity index (χ3v) is 1.90. The SMILES string of the molecule is C=C(Cl)CNc1c(F)cc(F)cc1Cl. The van der Waals surface area contributed by atoms with Gasteiger partial charge in [-0.05, 0) is 6.07 Å². The fourth-order valence-electron chi connectivity index (χ4n) is 0.895. The Morgan fingerprint density at radius 1 is 1.43 bits per heavy atom. The molecule has 0 saturated heterocycles. The van der Waals surface area contributed by atoms with E-state index in [2.05, 4.69) is 11.9 Å². The van der Waals surface area contributed by atoms with Crippen LogP contribution in [0.5, 0.6) is 0 Å². The van der Waals surface area contributed by atoms with Gasteiger partial charge in [0.15, 0.2) is 5.82 Å². The first kappa shape index (κ1) is 11.3. The molecule has 1 aromatic rings. The third kappa shape index (κ3) is 2.86. The van der Waals surface area contributed by atoms with E-state index in [1.165, 1.54) is 0 Å². The van der Waals surface area contributed by atoms with E-state index < -0.39 is 11.6 Å². The van der Waals surface area contributed by atoms with Crippen LogP contribution in [-0.2, 0) is 0 Å². The number of hydrogen-bond acceptors (Lipinski definition) is 1. The Hall–Kier alpha value is -0.800. The van der Waals surface area contributed by atoms with Gasteiger partial charge >= 0.3 is 0 Å². The van der Waals surface area contributed by atoms with Gasteiger partial charge in [-0.3, -0.25) is 0 Å². The Balaban J connectivity index is 2.91. The standard InChI is InChI=1S/C9H7Cl2F2N/c1-5(10)4-14-9-7(11)2-6(12)3-8(9)13/h2-3,14H,1,4H2. The van der Waals surface area contributed by atoms with Gasteiger partial charge in [0, 0.05) is 11.1 Å². The molecule has 1 N–H and O–H groups in total. The Bertz CT molecular complexity index is 343. The largest absolute Gasteiger partial charge is 0.377 e. The van der Waals surface area contributed by atoms with Crippen molar-refractivity contribution < 1.29 is 8.78 Å². The normalized spacial score (nSPS) is 10.0. The lowest BCUT2D eigenvalue weighted by molar-refractivity contribution is 0.585. The van der Waals surface area contributed by atoms with Crippen molar-refractivity contribution in [2.24, 2.45) is 0 Å². The van der Waals surface area contributed by atoms with E-state index in [1.54, 1.807) is 0 Å². The molecular formula is C9H7Cl2F2N. The van der Waals surface area contributed by atoms with Crippen molar-refractivity contribution in [1.82, 2.24) is 0 Å². The third-order valence-electron chi connectivity index (χ3n) is 1.46. The van der Waals surface area contributed by atoms with Gasteiger partial charge in [-0.15, -0.1) is 0 Å². The van der Waals surface area contributed by atoms with Crippen molar-refractivity contribution in [2.45, 2.75) is 0 Å². The molecule has 1 rings (SSSR count). The molecule has 0 spiro atoms. The van der Waals surface area contributed by atoms with Crippen molar-refractivity contribution in [2.75, 3.05) is 11.9 Å². The van der Waals surface area contributed by atoms with Crippen LogP contribution in [0.1, 0.15) is 0 Å². The number of hydrogen-bond donors (Lipinski definition) is 1. The van der Waals surface area contributed by atoms with Crippen LogP contribution in [0.25, 0.3) is 0 Å². The molecule has 0 radical (unpaired) electrons. The zero-order valence-electron chi connectivity index (χ0n) is 7.08. The highest BCUT2D eigenvalue weighted by atomic mass is 35.5. The molecule has 0 heterocycles. The summed E-state index contributed by atoms with van der Waals surface area (Å²) in [5.74, 6) is -1.48. The molecule has 0 atom stereocenters. The average Bonchev–Trinajstić information content (AvgIpc) is 2.01. The summed E-state index contributed by atoms with van der Waals surface area (Å²) >= 11 is 11.1. The van der Waals surface area contributed by atoms with E-state index in [4.69, 9.17) is 23.2 Å². The van der Waals surface area contributed by atoms with Crippen LogP contribution < -0.4 is 5.32 Å². The summed E-state index contributed by atoms with van der Waals surface area (Å²) in [6.45, 7) is 3.58. The molecule has 0 saturated carbocycles. The van der Waals surface area contributed by atoms with E-state index >= 15 is 0 Å². The lowest BCUT2D eigenvalue weighted by Crippen LogP contribution is -2.04. The smallest absolute Gasteiger partial charge is 0.150 e. The molecule has 0 unspecified atom stereocenters. The van der Waals surface area contributed by atoms with Crippen molar-refractivity contribution in [1.29, 1.82) is 0 Å². The zero-order chi connectivity index (χ0) is 10.7. The van der Waals surface area contributed by atoms with E-state index in [-0.39, 0.29) is 17.3 Å². The number of nitrogens with one attached hydrogen (secondary N) is 1. The molecule has 0 aliphatic carbocycles. The van der Waals surface area contributed by atoms with E-state index in [0.29, 0.717) is 5.03 Å². The Labute approximate surface area is 90.3 Å². The fraction of sp³-hybridized carbons (Fsp3) is 0.111. The van der Waals surface area contributed by atoms with Crippen molar-refractivity contribution in [3.63, 3.8) is 0 Å². The summed E-state index contributed by atoms with van der Waals surface area (Å²) in [6.07, 6.45) is 0. The van der Waals surface area contributed by atoms with Gasteiger partial charge in [-0.1, -0.05) is 29.8 Å². The number of anilines is 1. The fourth-order valence-corrected chi connectivity index (χ4v) is 1.22. The van der Waals surface area contributed by atoms with Crippen LogP contribution in [0.4, 0.5) is 14.5 Å². The van der Waals surface area contributed by atoms with E-state index in [9.17, 15) is 8.78 Å². The minimum absolute atomic E-state index is 0.0230. The maximum atomic E-state index is 13.1. The molecule has 1 aromatic carbocycles. The summed E-state index contributed by atoms with van der Waals surface area (Å²) in [6, 6.07) is 1.76. The summed E-state index contributed by atoms with van der Waals surface area (Å²) < 4.78 is 25.7. The summed E-state index contributed by atoms with van der Waals surface area (Å²) in [7, 11) is 0. The summed E-state index contributed by atoms with van der Waals surface area (Å²) in [4.78, 5) is 0. The van der Waals surface area contributed by atoms with Gasteiger partial charge in [0.2, 0.25) is 0 Å². The van der Waals surface area contributed by atoms with Gasteiger partial charge in [0.25, 0.3) is 0 Å². The molecule has 0 aromatic heterocycles. The molecule has 0 bridgehead atoms. The van der Waals surface area contributed by atoms with Gasteiger partial charge in [0.1, 0.15) is 5.82 Å². The minimum Gasteiger partial charge on any atom is -0.377 e. The highest BCUT2D eigenvalue weighted by molar-refractivity contribution is 6.33. The van der Waals surface area contributed by atoms with Crippen LogP contribution in [0.15, 0.2) is 23.7 Å². The lowest BCUT2D eigenvalue weighted by Gasteiger charge is -2.08. The monoisotopic (exact) mass is 237 g/mol. The molecule has 1 nitrogen and oxygen atoms in total. The maximum Gasteiger partial charge on any atom is 0.150 e. The minimum atomic E-state index is -0.757. The topological polar surface area (TPSA) is 12.0 Å². The van der Waals surface area contributed by atoms with Gasteiger partial charge < -0.3 is 5.32 Å². The van der Waals surface area contributed by atoms with E-state index in [1.807, 2.05) is 0 Å². The quantitative estimate of drug-likeness (QED) is 0.844. The molecule has 0 amide bonds. The van der Waals surface area contributed by atoms with Gasteiger partial charge in [-0.25, -0.2) is 8.78 Å². The molecule has 0 aliphatic heterocycles. The second-order valence-corrected chi connectivity index (χ2v) is 3.56. The molecular weight excluding hydrogens is 231 g/mol. The Morgan fingerprint density at radius 2 is 2.07 bits per heavy atom. The van der Waals surface area contributed by atoms with E-state index in [0.717, 1.165) is 12.1 Å². The first-order valence-electron chi connectivity index (χ1n) is 3.72. The zero-order valence-corrected chi connectivity index (χ0v) is 8.59. The predicted molar refractivity (Wildman–Crippen MR) is 54.9 cm³/mol. The summed E-state index contributed by atoms with van der Waals surface area (Å²) in [5.41, 5.74) is 0.0230. The Morgan fingerprint density at radius 3 is 2.57 bits per heavy atom. The summed E-state index contributed by atoms with van der Waals surface area (Å²) in [5, 5.41) is 2.89. The van der Waals surface area contributed by atoms with Crippen molar-refractivity contribution >= 4 is 28.9 Å². The molecule has 14 heavy (non-hydrogen) atoms. The first-order valence-corrected chi connectivity index (χ1v) is 4.48. The maximum absolute atomic E-state index is 13.1. The highest BCUT2D eigenvalue weighted by Gasteiger charge is 2.09. The highest BCUT2D eigenvalue weighted by Crippen LogP contribution is 2.26. The van der Waals surface area contributed by atoms with Crippen molar-refractivity contribution in [3.05, 3.63) is 40.4 Å². The van der Waals surface area contributed by atoms with Gasteiger partial charge in [0.05, 0.1) is 17.3 Å². The number of benzene rings is 1. The van der Waals surface area contributed by atoms with Crippen molar-refractivity contribution in [3.8, 4) is 0 Å². The van der Waals surface area contributed by atoms with Gasteiger partial charge in [-0.2, -0.15) is 0 Å². The molecule has 0 aliphatic rings.